The summed E-state index contributed by atoms with van der Waals surface area (Å²) in [7, 11) is 0. The van der Waals surface area contributed by atoms with Gasteiger partial charge in [0.25, 0.3) is 0 Å². The van der Waals surface area contributed by atoms with Gasteiger partial charge in [-0.3, -0.25) is 9.78 Å². The number of nitrogens with two attached hydrogens (primary N) is 2. The van der Waals surface area contributed by atoms with Gasteiger partial charge in [-0.25, -0.2) is 15.0 Å². The van der Waals surface area contributed by atoms with Crippen molar-refractivity contribution in [2.75, 3.05) is 11.1 Å². The quantitative estimate of drug-likeness (QED) is 0.417. The third-order valence-corrected chi connectivity index (χ3v) is 4.67. The summed E-state index contributed by atoms with van der Waals surface area (Å²) in [5.74, 6) is -0.559. The second kappa shape index (κ2) is 8.54. The highest BCUT2D eigenvalue weighted by molar-refractivity contribution is 6.05. The molecule has 0 saturated heterocycles. The average molecular weight is 451 g/mol. The second-order valence-corrected chi connectivity index (χ2v) is 6.87. The van der Waals surface area contributed by atoms with Gasteiger partial charge in [0.2, 0.25) is 5.91 Å². The van der Waals surface area contributed by atoms with Crippen molar-refractivity contribution in [2.24, 2.45) is 5.73 Å². The molecule has 0 aliphatic heterocycles. The third kappa shape index (κ3) is 4.56. The molecule has 0 aliphatic carbocycles. The van der Waals surface area contributed by atoms with E-state index in [4.69, 9.17) is 11.5 Å². The maximum Gasteiger partial charge on any atom is 0.433 e. The summed E-state index contributed by atoms with van der Waals surface area (Å²) in [4.78, 5) is 28.2. The Balaban J connectivity index is 1.78. The van der Waals surface area contributed by atoms with Gasteiger partial charge in [-0.2, -0.15) is 13.2 Å². The number of nitrogens with one attached hydrogen (secondary N) is 1. The zero-order valence-corrected chi connectivity index (χ0v) is 16.8. The molecule has 33 heavy (non-hydrogen) atoms. The van der Waals surface area contributed by atoms with Crippen LogP contribution in [0, 0.1) is 0 Å². The summed E-state index contributed by atoms with van der Waals surface area (Å²) in [6, 6.07) is 10.6. The summed E-state index contributed by atoms with van der Waals surface area (Å²) in [6.07, 6.45) is 0.734. The van der Waals surface area contributed by atoms with Gasteiger partial charge in [0.1, 0.15) is 17.2 Å². The van der Waals surface area contributed by atoms with Crippen molar-refractivity contribution in [3.05, 3.63) is 78.5 Å². The molecule has 1 amide bonds. The van der Waals surface area contributed by atoms with Gasteiger partial charge in [-0.05, 0) is 30.3 Å². The van der Waals surface area contributed by atoms with E-state index in [-0.39, 0.29) is 33.9 Å². The number of amides is 1. The van der Waals surface area contributed by atoms with Gasteiger partial charge >= 0.3 is 6.18 Å². The Morgan fingerprint density at radius 2 is 1.73 bits per heavy atom. The van der Waals surface area contributed by atoms with Gasteiger partial charge in [-0.1, -0.05) is 12.1 Å². The zero-order chi connectivity index (χ0) is 23.6. The Hall–Kier alpha value is -4.54. The molecular weight excluding hydrogens is 435 g/mol. The molecule has 1 aromatic carbocycles. The first kappa shape index (κ1) is 21.7. The van der Waals surface area contributed by atoms with Crippen LogP contribution in [0.5, 0.6) is 0 Å². The summed E-state index contributed by atoms with van der Waals surface area (Å²) in [6.45, 7) is 0. The van der Waals surface area contributed by atoms with Crippen LogP contribution < -0.4 is 16.8 Å². The minimum Gasteiger partial charge on any atom is -0.397 e. The first-order valence-corrected chi connectivity index (χ1v) is 9.50. The van der Waals surface area contributed by atoms with E-state index in [1.807, 2.05) is 6.07 Å². The number of hydrogen-bond donors (Lipinski definition) is 3. The van der Waals surface area contributed by atoms with E-state index in [1.54, 1.807) is 24.4 Å². The molecule has 11 heteroatoms. The smallest absolute Gasteiger partial charge is 0.397 e. The molecule has 0 spiro atoms. The van der Waals surface area contributed by atoms with Crippen molar-refractivity contribution in [3.63, 3.8) is 0 Å². The number of primary amides is 1. The first-order chi connectivity index (χ1) is 15.7. The highest BCUT2D eigenvalue weighted by Gasteiger charge is 2.33. The third-order valence-electron chi connectivity index (χ3n) is 4.67. The fourth-order valence-corrected chi connectivity index (χ4v) is 3.17. The predicted molar refractivity (Wildman–Crippen MR) is 116 cm³/mol. The lowest BCUT2D eigenvalue weighted by molar-refractivity contribution is -0.141. The minimum atomic E-state index is -4.70. The van der Waals surface area contributed by atoms with Crippen molar-refractivity contribution in [1.29, 1.82) is 0 Å². The van der Waals surface area contributed by atoms with Crippen molar-refractivity contribution in [1.82, 2.24) is 19.9 Å². The van der Waals surface area contributed by atoms with E-state index < -0.39 is 17.8 Å². The number of anilines is 3. The highest BCUT2D eigenvalue weighted by Crippen LogP contribution is 2.39. The van der Waals surface area contributed by atoms with Crippen molar-refractivity contribution >= 4 is 23.1 Å². The SMILES string of the molecule is NC(=O)c1cccc(Nc2cnc(-c3ccccn3)cn2)c1-c1cc(C(F)(F)F)ncc1N. The van der Waals surface area contributed by atoms with E-state index >= 15 is 0 Å². The van der Waals surface area contributed by atoms with Crippen LogP contribution in [0.1, 0.15) is 16.1 Å². The molecule has 0 aliphatic rings. The summed E-state index contributed by atoms with van der Waals surface area (Å²) < 4.78 is 39.8. The summed E-state index contributed by atoms with van der Waals surface area (Å²) >= 11 is 0. The topological polar surface area (TPSA) is 133 Å². The standard InChI is InChI=1S/C22H16F3N7O/c23-22(24,25)18-8-13(14(26)9-30-18)20-12(21(27)33)4-3-6-16(20)32-19-11-29-17(10-31-19)15-5-1-2-7-28-15/h1-11H,26H2,(H2,27,33)(H,31,32). The average Bonchev–Trinajstić information content (AvgIpc) is 2.80. The number of aromatic nitrogens is 4. The molecule has 8 nitrogen and oxygen atoms in total. The van der Waals surface area contributed by atoms with E-state index in [1.165, 1.54) is 24.5 Å². The van der Waals surface area contributed by atoms with E-state index in [9.17, 15) is 18.0 Å². The highest BCUT2D eigenvalue weighted by atomic mass is 19.4. The Bertz CT molecular complexity index is 1310. The van der Waals surface area contributed by atoms with Crippen LogP contribution in [0.3, 0.4) is 0 Å². The van der Waals surface area contributed by atoms with Crippen molar-refractivity contribution < 1.29 is 18.0 Å². The number of carbonyl (C=O) groups excluding carboxylic acids is 1. The predicted octanol–water partition coefficient (Wildman–Crippen LogP) is 4.04. The molecule has 5 N–H and O–H groups in total. The molecule has 4 aromatic rings. The molecule has 0 saturated carbocycles. The summed E-state index contributed by atoms with van der Waals surface area (Å²) in [5, 5.41) is 2.97. The number of hydrogen-bond acceptors (Lipinski definition) is 7. The molecule has 166 valence electrons. The largest absolute Gasteiger partial charge is 0.433 e. The van der Waals surface area contributed by atoms with Crippen molar-refractivity contribution in [3.8, 4) is 22.5 Å². The maximum absolute atomic E-state index is 13.3. The Labute approximate surface area is 185 Å². The summed E-state index contributed by atoms with van der Waals surface area (Å²) in [5.41, 5.74) is 11.6. The van der Waals surface area contributed by atoms with Crippen LogP contribution >= 0.6 is 0 Å². The van der Waals surface area contributed by atoms with Gasteiger partial charge < -0.3 is 16.8 Å². The van der Waals surface area contributed by atoms with Gasteiger partial charge in [-0.15, -0.1) is 0 Å². The van der Waals surface area contributed by atoms with Gasteiger partial charge in [0.05, 0.1) is 30.0 Å². The molecule has 0 radical (unpaired) electrons. The van der Waals surface area contributed by atoms with Crippen molar-refractivity contribution in [2.45, 2.75) is 6.18 Å². The molecular formula is C22H16F3N7O. The monoisotopic (exact) mass is 451 g/mol. The number of carbonyl (C=O) groups is 1. The van der Waals surface area contributed by atoms with Gasteiger partial charge in [0, 0.05) is 28.6 Å². The van der Waals surface area contributed by atoms with Crippen LogP contribution in [0.15, 0.2) is 67.3 Å². The number of pyridine rings is 2. The molecule has 3 aromatic heterocycles. The normalized spacial score (nSPS) is 11.2. The fraction of sp³-hybridized carbons (Fsp3) is 0.0455. The molecule has 0 fully saturated rings. The van der Waals surface area contributed by atoms with Gasteiger partial charge in [0.15, 0.2) is 0 Å². The lowest BCUT2D eigenvalue weighted by Crippen LogP contribution is -2.15. The van der Waals surface area contributed by atoms with E-state index in [0.29, 0.717) is 11.4 Å². The zero-order valence-electron chi connectivity index (χ0n) is 16.8. The molecule has 3 heterocycles. The Kier molecular flexibility index (Phi) is 5.61. The van der Waals surface area contributed by atoms with Crippen LogP contribution in [-0.4, -0.2) is 25.8 Å². The molecule has 0 unspecified atom stereocenters. The van der Waals surface area contributed by atoms with Crippen LogP contribution in [-0.2, 0) is 6.18 Å². The maximum atomic E-state index is 13.3. The second-order valence-electron chi connectivity index (χ2n) is 6.87. The first-order valence-electron chi connectivity index (χ1n) is 9.50. The number of nitrogen functional groups attached to an aromatic ring is 1. The number of alkyl halides is 3. The lowest BCUT2D eigenvalue weighted by Gasteiger charge is -2.17. The minimum absolute atomic E-state index is 0.0240. The number of benzene rings is 1. The number of rotatable bonds is 5. The Morgan fingerprint density at radius 3 is 2.36 bits per heavy atom. The number of halogens is 3. The van der Waals surface area contributed by atoms with Crippen LogP contribution in [0.25, 0.3) is 22.5 Å². The molecule has 4 rings (SSSR count). The Morgan fingerprint density at radius 1 is 0.909 bits per heavy atom. The molecule has 0 bridgehead atoms. The van der Waals surface area contributed by atoms with E-state index in [0.717, 1.165) is 12.3 Å². The fourth-order valence-electron chi connectivity index (χ4n) is 3.17. The number of nitrogens with zero attached hydrogens (tertiary/aromatic N) is 4. The van der Waals surface area contributed by atoms with E-state index in [2.05, 4.69) is 25.3 Å². The molecule has 0 atom stereocenters. The van der Waals surface area contributed by atoms with Crippen LogP contribution in [0.2, 0.25) is 0 Å². The van der Waals surface area contributed by atoms with Crippen LogP contribution in [0.4, 0.5) is 30.4 Å². The lowest BCUT2D eigenvalue weighted by atomic mass is 9.96.